The lowest BCUT2D eigenvalue weighted by atomic mass is 9.85. The van der Waals surface area contributed by atoms with Crippen LogP contribution in [0, 0.1) is 11.8 Å². The van der Waals surface area contributed by atoms with Crippen molar-refractivity contribution >= 4 is 0 Å². The second-order valence-electron chi connectivity index (χ2n) is 4.61. The van der Waals surface area contributed by atoms with Gasteiger partial charge in [0, 0.05) is 5.56 Å². The molecule has 0 fully saturated rings. The van der Waals surface area contributed by atoms with E-state index in [1.165, 1.54) is 5.56 Å². The highest BCUT2D eigenvalue weighted by Gasteiger charge is 2.16. The van der Waals surface area contributed by atoms with Crippen molar-refractivity contribution in [3.05, 3.63) is 71.8 Å². The SMILES string of the molecule is CC(C)(C#Cc1ccccc1)c1ccccc1. The Morgan fingerprint density at radius 1 is 0.765 bits per heavy atom. The van der Waals surface area contributed by atoms with Gasteiger partial charge in [-0.25, -0.2) is 0 Å². The molecule has 0 spiro atoms. The van der Waals surface area contributed by atoms with Crippen LogP contribution in [0.2, 0.25) is 0 Å². The molecule has 0 atom stereocenters. The van der Waals surface area contributed by atoms with Crippen molar-refractivity contribution < 1.29 is 0 Å². The van der Waals surface area contributed by atoms with Crippen LogP contribution < -0.4 is 0 Å². The molecule has 0 nitrogen and oxygen atoms in total. The van der Waals surface area contributed by atoms with Gasteiger partial charge in [-0.3, -0.25) is 0 Å². The summed E-state index contributed by atoms with van der Waals surface area (Å²) in [6.45, 7) is 4.30. The van der Waals surface area contributed by atoms with Crippen LogP contribution in [-0.4, -0.2) is 0 Å². The van der Waals surface area contributed by atoms with Gasteiger partial charge >= 0.3 is 0 Å². The average molecular weight is 220 g/mol. The number of hydrogen-bond acceptors (Lipinski definition) is 0. The van der Waals surface area contributed by atoms with E-state index in [0.717, 1.165) is 5.56 Å². The zero-order valence-corrected chi connectivity index (χ0v) is 10.3. The fourth-order valence-corrected chi connectivity index (χ4v) is 1.68. The lowest BCUT2D eigenvalue weighted by molar-refractivity contribution is 0.698. The van der Waals surface area contributed by atoms with Gasteiger partial charge in [-0.1, -0.05) is 60.4 Å². The Morgan fingerprint density at radius 3 is 1.88 bits per heavy atom. The largest absolute Gasteiger partial charge is 0.0869 e. The molecule has 2 aromatic rings. The first-order valence-corrected chi connectivity index (χ1v) is 5.82. The molecular formula is C17H16. The maximum absolute atomic E-state index is 3.34. The van der Waals surface area contributed by atoms with E-state index in [1.807, 2.05) is 36.4 Å². The molecule has 0 bridgehead atoms. The Balaban J connectivity index is 2.27. The van der Waals surface area contributed by atoms with Crippen LogP contribution in [0.5, 0.6) is 0 Å². The summed E-state index contributed by atoms with van der Waals surface area (Å²) in [6.07, 6.45) is 0. The first kappa shape index (κ1) is 11.5. The van der Waals surface area contributed by atoms with E-state index in [9.17, 15) is 0 Å². The maximum Gasteiger partial charge on any atom is 0.0510 e. The summed E-state index contributed by atoms with van der Waals surface area (Å²) >= 11 is 0. The summed E-state index contributed by atoms with van der Waals surface area (Å²) < 4.78 is 0. The number of rotatable bonds is 1. The van der Waals surface area contributed by atoms with Gasteiger partial charge < -0.3 is 0 Å². The van der Waals surface area contributed by atoms with Gasteiger partial charge in [0.2, 0.25) is 0 Å². The van der Waals surface area contributed by atoms with Gasteiger partial charge in [-0.15, -0.1) is 0 Å². The van der Waals surface area contributed by atoms with Crippen molar-refractivity contribution in [1.29, 1.82) is 0 Å². The Bertz CT molecular complexity index is 525. The number of benzene rings is 2. The molecule has 0 radical (unpaired) electrons. The van der Waals surface area contributed by atoms with Gasteiger partial charge in [0.25, 0.3) is 0 Å². The molecule has 0 N–H and O–H groups in total. The lowest BCUT2D eigenvalue weighted by Crippen LogP contribution is -2.13. The van der Waals surface area contributed by atoms with E-state index in [-0.39, 0.29) is 5.41 Å². The van der Waals surface area contributed by atoms with E-state index in [2.05, 4.69) is 50.0 Å². The Kier molecular flexibility index (Phi) is 3.30. The molecule has 0 heteroatoms. The predicted molar refractivity (Wildman–Crippen MR) is 72.8 cm³/mol. The van der Waals surface area contributed by atoms with Crippen LogP contribution in [-0.2, 0) is 5.41 Å². The first-order chi connectivity index (χ1) is 8.18. The molecule has 0 saturated carbocycles. The van der Waals surface area contributed by atoms with Crippen molar-refractivity contribution in [1.82, 2.24) is 0 Å². The highest BCUT2D eigenvalue weighted by Crippen LogP contribution is 2.21. The molecule has 0 heterocycles. The lowest BCUT2D eigenvalue weighted by Gasteiger charge is -2.17. The van der Waals surface area contributed by atoms with Gasteiger partial charge in [-0.05, 0) is 31.5 Å². The van der Waals surface area contributed by atoms with Gasteiger partial charge in [0.15, 0.2) is 0 Å². The van der Waals surface area contributed by atoms with E-state index < -0.39 is 0 Å². The van der Waals surface area contributed by atoms with Crippen LogP contribution in [0.4, 0.5) is 0 Å². The zero-order chi connectivity index (χ0) is 12.1. The molecule has 0 aliphatic heterocycles. The molecule has 0 aliphatic carbocycles. The summed E-state index contributed by atoms with van der Waals surface area (Å²) in [6, 6.07) is 20.5. The van der Waals surface area contributed by atoms with Crippen molar-refractivity contribution in [2.45, 2.75) is 19.3 Å². The third kappa shape index (κ3) is 2.98. The molecule has 2 aromatic carbocycles. The van der Waals surface area contributed by atoms with Crippen LogP contribution in [0.25, 0.3) is 0 Å². The van der Waals surface area contributed by atoms with E-state index in [1.54, 1.807) is 0 Å². The molecule has 0 aliphatic rings. The quantitative estimate of drug-likeness (QED) is 0.637. The van der Waals surface area contributed by atoms with Crippen LogP contribution in [0.15, 0.2) is 60.7 Å². The van der Waals surface area contributed by atoms with E-state index in [4.69, 9.17) is 0 Å². The summed E-state index contributed by atoms with van der Waals surface area (Å²) in [4.78, 5) is 0. The fraction of sp³-hybridized carbons (Fsp3) is 0.176. The topological polar surface area (TPSA) is 0 Å². The Hall–Kier alpha value is -2.00. The normalized spacial score (nSPS) is 10.5. The smallest absolute Gasteiger partial charge is 0.0510 e. The van der Waals surface area contributed by atoms with Crippen molar-refractivity contribution in [3.63, 3.8) is 0 Å². The van der Waals surface area contributed by atoms with Crippen molar-refractivity contribution in [2.24, 2.45) is 0 Å². The zero-order valence-electron chi connectivity index (χ0n) is 10.3. The second-order valence-corrected chi connectivity index (χ2v) is 4.61. The summed E-state index contributed by atoms with van der Waals surface area (Å²) in [7, 11) is 0. The highest BCUT2D eigenvalue weighted by atomic mass is 14.2. The summed E-state index contributed by atoms with van der Waals surface area (Å²) in [5.74, 6) is 6.57. The molecule has 84 valence electrons. The van der Waals surface area contributed by atoms with Crippen molar-refractivity contribution in [2.75, 3.05) is 0 Å². The van der Waals surface area contributed by atoms with Crippen molar-refractivity contribution in [3.8, 4) is 11.8 Å². The second kappa shape index (κ2) is 4.89. The average Bonchev–Trinajstić information content (AvgIpc) is 2.39. The predicted octanol–water partition coefficient (Wildman–Crippen LogP) is 4.02. The van der Waals surface area contributed by atoms with Gasteiger partial charge in [-0.2, -0.15) is 0 Å². The molecule has 0 unspecified atom stereocenters. The third-order valence-corrected chi connectivity index (χ3v) is 2.79. The molecular weight excluding hydrogens is 204 g/mol. The van der Waals surface area contributed by atoms with Crippen LogP contribution >= 0.6 is 0 Å². The van der Waals surface area contributed by atoms with Gasteiger partial charge in [0.05, 0.1) is 5.41 Å². The molecule has 0 saturated heterocycles. The van der Waals surface area contributed by atoms with Gasteiger partial charge in [0.1, 0.15) is 0 Å². The monoisotopic (exact) mass is 220 g/mol. The highest BCUT2D eigenvalue weighted by molar-refractivity contribution is 5.40. The minimum atomic E-state index is -0.114. The summed E-state index contributed by atoms with van der Waals surface area (Å²) in [5, 5.41) is 0. The molecule has 0 aromatic heterocycles. The van der Waals surface area contributed by atoms with E-state index >= 15 is 0 Å². The Labute approximate surface area is 103 Å². The number of hydrogen-bond donors (Lipinski definition) is 0. The standard InChI is InChI=1S/C17H16/c1-17(2,16-11-7-4-8-12-16)14-13-15-9-5-3-6-10-15/h3-12H,1-2H3. The van der Waals surface area contributed by atoms with E-state index in [0.29, 0.717) is 0 Å². The molecule has 0 amide bonds. The molecule has 2 rings (SSSR count). The first-order valence-electron chi connectivity index (χ1n) is 5.82. The van der Waals surface area contributed by atoms with Crippen LogP contribution in [0.3, 0.4) is 0 Å². The minimum Gasteiger partial charge on any atom is -0.0869 e. The fourth-order valence-electron chi connectivity index (χ4n) is 1.68. The minimum absolute atomic E-state index is 0.114. The summed E-state index contributed by atoms with van der Waals surface area (Å²) in [5.41, 5.74) is 2.21. The molecule has 17 heavy (non-hydrogen) atoms. The maximum atomic E-state index is 3.34. The third-order valence-electron chi connectivity index (χ3n) is 2.79. The Morgan fingerprint density at radius 2 is 1.29 bits per heavy atom. The van der Waals surface area contributed by atoms with Crippen LogP contribution in [0.1, 0.15) is 25.0 Å².